The van der Waals surface area contributed by atoms with E-state index in [9.17, 15) is 4.79 Å². The summed E-state index contributed by atoms with van der Waals surface area (Å²) in [7, 11) is 3.89. The Morgan fingerprint density at radius 1 is 1.31 bits per heavy atom. The zero-order valence-electron chi connectivity index (χ0n) is 15.8. The van der Waals surface area contributed by atoms with Gasteiger partial charge < -0.3 is 10.2 Å². The second-order valence-corrected chi connectivity index (χ2v) is 8.03. The van der Waals surface area contributed by atoms with Crippen LogP contribution in [0.15, 0.2) is 35.4 Å². The molecule has 0 aromatic carbocycles. The highest BCUT2D eigenvalue weighted by molar-refractivity contribution is 5.59. The lowest BCUT2D eigenvalue weighted by molar-refractivity contribution is 0.175. The summed E-state index contributed by atoms with van der Waals surface area (Å²) in [6.45, 7) is 3.52. The third kappa shape index (κ3) is 2.92. The lowest BCUT2D eigenvalue weighted by Crippen LogP contribution is -2.48. The van der Waals surface area contributed by atoms with Crippen LogP contribution in [0.3, 0.4) is 0 Å². The number of anilines is 1. The summed E-state index contributed by atoms with van der Waals surface area (Å²) in [5.41, 5.74) is 1.94. The van der Waals surface area contributed by atoms with Gasteiger partial charge in [0.15, 0.2) is 0 Å². The second-order valence-electron chi connectivity index (χ2n) is 8.03. The molecule has 0 unspecified atom stereocenters. The van der Waals surface area contributed by atoms with Gasteiger partial charge in [-0.3, -0.25) is 14.3 Å². The molecule has 3 heterocycles. The summed E-state index contributed by atoms with van der Waals surface area (Å²) >= 11 is 0. The zero-order valence-corrected chi connectivity index (χ0v) is 15.8. The fourth-order valence-electron chi connectivity index (χ4n) is 4.65. The molecule has 26 heavy (non-hydrogen) atoms. The van der Waals surface area contributed by atoms with Crippen molar-refractivity contribution < 1.29 is 0 Å². The van der Waals surface area contributed by atoms with Gasteiger partial charge in [-0.1, -0.05) is 6.92 Å². The number of rotatable bonds is 3. The van der Waals surface area contributed by atoms with Gasteiger partial charge in [0.05, 0.1) is 5.69 Å². The smallest absolute Gasteiger partial charge is 0.255 e. The predicted octanol–water partition coefficient (Wildman–Crippen LogP) is 2.20. The quantitative estimate of drug-likeness (QED) is 0.916. The first kappa shape index (κ1) is 17.2. The monoisotopic (exact) mass is 353 g/mol. The van der Waals surface area contributed by atoms with Crippen molar-refractivity contribution in [2.75, 3.05) is 18.5 Å². The highest BCUT2D eigenvalue weighted by Crippen LogP contribution is 2.43. The van der Waals surface area contributed by atoms with Crippen molar-refractivity contribution in [3.05, 3.63) is 40.9 Å². The van der Waals surface area contributed by atoms with Gasteiger partial charge in [-0.25, -0.2) is 4.98 Å². The predicted molar refractivity (Wildman–Crippen MR) is 103 cm³/mol. The maximum absolute atomic E-state index is 12.5. The third-order valence-corrected chi connectivity index (χ3v) is 6.37. The minimum absolute atomic E-state index is 0.0314. The lowest BCUT2D eigenvalue weighted by Gasteiger charge is -2.43. The molecule has 0 bridgehead atoms. The molecule has 6 nitrogen and oxygen atoms in total. The molecule has 1 N–H and O–H groups in total. The van der Waals surface area contributed by atoms with Crippen molar-refractivity contribution in [2.24, 2.45) is 12.5 Å². The number of aromatic nitrogens is 3. The van der Waals surface area contributed by atoms with E-state index < -0.39 is 0 Å². The van der Waals surface area contributed by atoms with Crippen molar-refractivity contribution in [1.29, 1.82) is 0 Å². The molecule has 3 atom stereocenters. The number of fused-ring (bicyclic) bond motifs is 1. The Balaban J connectivity index is 1.66. The molecule has 2 aliphatic rings. The van der Waals surface area contributed by atoms with Gasteiger partial charge in [0.25, 0.3) is 5.56 Å². The van der Waals surface area contributed by atoms with E-state index in [4.69, 9.17) is 4.98 Å². The highest BCUT2D eigenvalue weighted by Gasteiger charge is 2.44. The van der Waals surface area contributed by atoms with Crippen LogP contribution in [0.4, 0.5) is 5.95 Å². The number of pyridine rings is 1. The Morgan fingerprint density at radius 2 is 2.08 bits per heavy atom. The lowest BCUT2D eigenvalue weighted by atomic mass is 9.70. The average Bonchev–Trinajstić information content (AvgIpc) is 3.04. The Labute approximate surface area is 154 Å². The molecule has 2 aromatic heterocycles. The Kier molecular flexibility index (Phi) is 4.31. The normalized spacial score (nSPS) is 28.0. The molecule has 1 saturated heterocycles. The molecule has 1 aliphatic carbocycles. The van der Waals surface area contributed by atoms with Crippen LogP contribution in [-0.2, 0) is 7.05 Å². The van der Waals surface area contributed by atoms with E-state index >= 15 is 0 Å². The number of nitrogens with zero attached hydrogens (tertiary/aromatic N) is 4. The average molecular weight is 353 g/mol. The molecular weight excluding hydrogens is 326 g/mol. The third-order valence-electron chi connectivity index (χ3n) is 6.37. The van der Waals surface area contributed by atoms with Crippen LogP contribution >= 0.6 is 0 Å². The summed E-state index contributed by atoms with van der Waals surface area (Å²) in [6, 6.07) is 6.42. The van der Waals surface area contributed by atoms with Crippen LogP contribution in [0.1, 0.15) is 32.6 Å². The highest BCUT2D eigenvalue weighted by atomic mass is 16.1. The van der Waals surface area contributed by atoms with E-state index in [0.29, 0.717) is 23.2 Å². The fraction of sp³-hybridized carbons (Fsp3) is 0.550. The van der Waals surface area contributed by atoms with Crippen molar-refractivity contribution in [3.63, 3.8) is 0 Å². The molecule has 0 spiro atoms. The van der Waals surface area contributed by atoms with Crippen LogP contribution < -0.4 is 15.8 Å². The summed E-state index contributed by atoms with van der Waals surface area (Å²) < 4.78 is 1.66. The SMILES string of the molecule is CN(c1nc(-c2ccncc2)cc(=O)n1C)[C@H]1CC[C@H]2NCC[C@@]2(C)C1. The largest absolute Gasteiger partial charge is 0.342 e. The molecule has 1 saturated carbocycles. The van der Waals surface area contributed by atoms with E-state index in [-0.39, 0.29) is 5.56 Å². The van der Waals surface area contributed by atoms with Crippen LogP contribution in [0.25, 0.3) is 11.3 Å². The first-order valence-corrected chi connectivity index (χ1v) is 9.43. The van der Waals surface area contributed by atoms with E-state index in [1.807, 2.05) is 19.2 Å². The maximum atomic E-state index is 12.5. The first-order valence-electron chi connectivity index (χ1n) is 9.43. The minimum Gasteiger partial charge on any atom is -0.342 e. The topological polar surface area (TPSA) is 63.1 Å². The van der Waals surface area contributed by atoms with Crippen LogP contribution in [0.5, 0.6) is 0 Å². The van der Waals surface area contributed by atoms with Crippen LogP contribution in [0.2, 0.25) is 0 Å². The van der Waals surface area contributed by atoms with Crippen LogP contribution in [0, 0.1) is 5.41 Å². The Hall–Kier alpha value is -2.21. The van der Waals surface area contributed by atoms with E-state index in [2.05, 4.69) is 29.2 Å². The zero-order chi connectivity index (χ0) is 18.3. The summed E-state index contributed by atoms with van der Waals surface area (Å²) in [4.78, 5) is 23.6. The number of hydrogen-bond donors (Lipinski definition) is 1. The van der Waals surface area contributed by atoms with Gasteiger partial charge in [0, 0.05) is 50.2 Å². The van der Waals surface area contributed by atoms with Gasteiger partial charge in [-0.2, -0.15) is 0 Å². The second kappa shape index (κ2) is 6.50. The molecular formula is C20H27N5O. The van der Waals surface area contributed by atoms with E-state index in [0.717, 1.165) is 30.9 Å². The van der Waals surface area contributed by atoms with Crippen LogP contribution in [-0.4, -0.2) is 40.2 Å². The molecule has 0 amide bonds. The molecule has 2 fully saturated rings. The van der Waals surface area contributed by atoms with E-state index in [1.54, 1.807) is 23.0 Å². The summed E-state index contributed by atoms with van der Waals surface area (Å²) in [5, 5.41) is 3.65. The van der Waals surface area contributed by atoms with Crippen molar-refractivity contribution in [2.45, 2.75) is 44.7 Å². The standard InChI is InChI=1S/C20H27N5O/c1-20-8-11-22-17(20)5-4-15(13-20)24(2)19-23-16(12-18(26)25(19)3)14-6-9-21-10-7-14/h6-7,9-10,12,15,17,22H,4-5,8,11,13H2,1-3H3/t15-,17+,20-/m0/s1. The molecule has 138 valence electrons. The van der Waals surface area contributed by atoms with E-state index in [1.165, 1.54) is 12.8 Å². The Bertz CT molecular complexity index is 849. The molecule has 0 radical (unpaired) electrons. The van der Waals surface area contributed by atoms with Gasteiger partial charge >= 0.3 is 0 Å². The maximum Gasteiger partial charge on any atom is 0.255 e. The van der Waals surface area contributed by atoms with Gasteiger partial charge in [-0.05, 0) is 49.8 Å². The molecule has 4 rings (SSSR count). The van der Waals surface area contributed by atoms with Gasteiger partial charge in [-0.15, -0.1) is 0 Å². The summed E-state index contributed by atoms with van der Waals surface area (Å²) in [5.74, 6) is 0.738. The first-order chi connectivity index (χ1) is 12.5. The Morgan fingerprint density at radius 3 is 2.85 bits per heavy atom. The minimum atomic E-state index is -0.0314. The summed E-state index contributed by atoms with van der Waals surface area (Å²) in [6.07, 6.45) is 8.13. The molecule has 6 heteroatoms. The number of nitrogens with one attached hydrogen (secondary N) is 1. The van der Waals surface area contributed by atoms with Crippen molar-refractivity contribution in [3.8, 4) is 11.3 Å². The van der Waals surface area contributed by atoms with Crippen molar-refractivity contribution >= 4 is 5.95 Å². The molecule has 1 aliphatic heterocycles. The number of hydrogen-bond acceptors (Lipinski definition) is 5. The fourth-order valence-corrected chi connectivity index (χ4v) is 4.65. The van der Waals surface area contributed by atoms with Gasteiger partial charge in [0.1, 0.15) is 0 Å². The van der Waals surface area contributed by atoms with Crippen molar-refractivity contribution in [1.82, 2.24) is 19.9 Å². The molecule has 2 aromatic rings. The van der Waals surface area contributed by atoms with Gasteiger partial charge in [0.2, 0.25) is 5.95 Å².